The molecule has 39 heavy (non-hydrogen) atoms. The summed E-state index contributed by atoms with van der Waals surface area (Å²) in [5.41, 5.74) is 0.813. The van der Waals surface area contributed by atoms with Crippen molar-refractivity contribution in [2.45, 2.75) is 77.5 Å². The number of thioether (sulfide) groups is 1. The van der Waals surface area contributed by atoms with Crippen molar-refractivity contribution in [3.05, 3.63) is 35.9 Å². The molecule has 0 fully saturated rings. The highest BCUT2D eigenvalue weighted by Gasteiger charge is 2.33. The Kier molecular flexibility index (Phi) is 15.9. The Hall–Kier alpha value is -3.08. The van der Waals surface area contributed by atoms with Gasteiger partial charge in [0.25, 0.3) is 0 Å². The van der Waals surface area contributed by atoms with E-state index >= 15 is 0 Å². The van der Waals surface area contributed by atoms with E-state index in [1.807, 2.05) is 64.3 Å². The molecule has 0 spiro atoms. The van der Waals surface area contributed by atoms with Crippen LogP contribution in [0.15, 0.2) is 30.3 Å². The van der Waals surface area contributed by atoms with Gasteiger partial charge in [-0.2, -0.15) is 11.8 Å². The molecule has 0 saturated carbocycles. The molecule has 218 valence electrons. The van der Waals surface area contributed by atoms with Gasteiger partial charge in [0.05, 0.1) is 7.11 Å². The van der Waals surface area contributed by atoms with Crippen LogP contribution in [0.5, 0.6) is 0 Å². The predicted molar refractivity (Wildman–Crippen MR) is 153 cm³/mol. The van der Waals surface area contributed by atoms with E-state index in [9.17, 15) is 24.0 Å². The third-order valence-electron chi connectivity index (χ3n) is 6.41. The van der Waals surface area contributed by atoms with E-state index in [0.29, 0.717) is 31.4 Å². The lowest BCUT2D eigenvalue weighted by Gasteiger charge is -2.29. The lowest BCUT2D eigenvalue weighted by Crippen LogP contribution is -2.59. The van der Waals surface area contributed by atoms with Crippen molar-refractivity contribution in [1.82, 2.24) is 21.3 Å². The predicted octanol–water partition coefficient (Wildman–Crippen LogP) is 1.82. The van der Waals surface area contributed by atoms with Gasteiger partial charge in [0.15, 0.2) is 0 Å². The molecule has 0 aliphatic carbocycles. The van der Waals surface area contributed by atoms with Crippen LogP contribution in [0.4, 0.5) is 0 Å². The first kappa shape index (κ1) is 33.9. The quantitative estimate of drug-likeness (QED) is 0.157. The number of carbonyl (C=O) groups is 5. The van der Waals surface area contributed by atoms with E-state index in [-0.39, 0.29) is 18.3 Å². The van der Waals surface area contributed by atoms with Crippen LogP contribution in [0.2, 0.25) is 0 Å². The number of hydrogen-bond donors (Lipinski definition) is 4. The molecule has 11 heteroatoms. The second-order valence-corrected chi connectivity index (χ2v) is 10.9. The third kappa shape index (κ3) is 12.1. The summed E-state index contributed by atoms with van der Waals surface area (Å²) in [4.78, 5) is 63.3. The molecule has 1 aromatic carbocycles. The zero-order valence-corrected chi connectivity index (χ0v) is 24.6. The summed E-state index contributed by atoms with van der Waals surface area (Å²) in [5, 5.41) is 10.8. The lowest BCUT2D eigenvalue weighted by atomic mass is 9.96. The Bertz CT molecular complexity index is 930. The molecule has 0 aromatic heterocycles. The molecule has 4 amide bonds. The Balaban J connectivity index is 3.20. The minimum absolute atomic E-state index is 0.112. The van der Waals surface area contributed by atoms with Gasteiger partial charge in [-0.25, -0.2) is 4.79 Å². The maximum atomic E-state index is 13.5. The number of rotatable bonds is 18. The molecule has 0 radical (unpaired) electrons. The van der Waals surface area contributed by atoms with Crippen LogP contribution >= 0.6 is 11.8 Å². The molecule has 0 bridgehead atoms. The zero-order valence-electron chi connectivity index (χ0n) is 23.8. The molecule has 5 atom stereocenters. The van der Waals surface area contributed by atoms with Gasteiger partial charge >= 0.3 is 5.97 Å². The Morgan fingerprint density at radius 1 is 0.923 bits per heavy atom. The number of ether oxygens (including phenoxy) is 1. The number of methoxy groups -OCH3 is 1. The van der Waals surface area contributed by atoms with Gasteiger partial charge in [0.1, 0.15) is 24.2 Å². The average Bonchev–Trinajstić information content (AvgIpc) is 2.92. The number of hydrogen-bond acceptors (Lipinski definition) is 7. The monoisotopic (exact) mass is 564 g/mol. The SMILES string of the molecule is CC[C@H](C)[C@H](NC(=O)[C@H](CCSC)NC=O)C(=O)N[C@@H](Cc1ccccc1)C(=O)N[C@@H](CC(C)C)C(=O)OC. The minimum atomic E-state index is -1.01. The molecule has 1 rings (SSSR count). The molecule has 10 nitrogen and oxygen atoms in total. The van der Waals surface area contributed by atoms with Crippen LogP contribution in [0.1, 0.15) is 52.5 Å². The summed E-state index contributed by atoms with van der Waals surface area (Å²) in [5.74, 6) is -1.58. The molecule has 0 heterocycles. The van der Waals surface area contributed by atoms with Crippen LogP contribution < -0.4 is 21.3 Å². The fraction of sp³-hybridized carbons (Fsp3) is 0.607. The summed E-state index contributed by atoms with van der Waals surface area (Å²) in [6.07, 6.45) is 3.91. The summed E-state index contributed by atoms with van der Waals surface area (Å²) >= 11 is 1.54. The van der Waals surface area contributed by atoms with Gasteiger partial charge in [-0.05, 0) is 42.2 Å². The first-order chi connectivity index (χ1) is 18.6. The summed E-state index contributed by atoms with van der Waals surface area (Å²) < 4.78 is 4.87. The van der Waals surface area contributed by atoms with Crippen molar-refractivity contribution in [1.29, 1.82) is 0 Å². The molecular weight excluding hydrogens is 520 g/mol. The van der Waals surface area contributed by atoms with Gasteiger partial charge in [0, 0.05) is 6.42 Å². The van der Waals surface area contributed by atoms with Crippen molar-refractivity contribution < 1.29 is 28.7 Å². The standard InChI is InChI=1S/C28H44N4O6S/c1-7-19(4)24(32-25(34)21(29-17-33)13-14-39-6)27(36)30-22(16-20-11-9-8-10-12-20)26(35)31-23(15-18(2)3)28(37)38-5/h8-12,17-19,21-24H,7,13-16H2,1-6H3,(H,29,33)(H,30,36)(H,31,35)(H,32,34)/t19-,21-,22-,23-,24-/m0/s1. The van der Waals surface area contributed by atoms with Gasteiger partial charge in [-0.1, -0.05) is 64.4 Å². The summed E-state index contributed by atoms with van der Waals surface area (Å²) in [7, 11) is 1.26. The highest BCUT2D eigenvalue weighted by molar-refractivity contribution is 7.98. The first-order valence-corrected chi connectivity index (χ1v) is 14.7. The van der Waals surface area contributed by atoms with Crippen LogP contribution in [-0.2, 0) is 35.1 Å². The van der Waals surface area contributed by atoms with E-state index in [1.54, 1.807) is 11.8 Å². The fourth-order valence-corrected chi connectivity index (χ4v) is 4.46. The number of carbonyl (C=O) groups excluding carboxylic acids is 5. The van der Waals surface area contributed by atoms with E-state index in [4.69, 9.17) is 4.74 Å². The molecule has 4 N–H and O–H groups in total. The lowest BCUT2D eigenvalue weighted by molar-refractivity contribution is -0.146. The smallest absolute Gasteiger partial charge is 0.328 e. The van der Waals surface area contributed by atoms with E-state index < -0.39 is 47.9 Å². The van der Waals surface area contributed by atoms with Gasteiger partial charge in [-0.15, -0.1) is 0 Å². The molecular formula is C28H44N4O6S. The van der Waals surface area contributed by atoms with Gasteiger partial charge < -0.3 is 26.0 Å². The highest BCUT2D eigenvalue weighted by atomic mass is 32.2. The molecule has 0 unspecified atom stereocenters. The highest BCUT2D eigenvalue weighted by Crippen LogP contribution is 2.12. The fourth-order valence-electron chi connectivity index (χ4n) is 3.98. The molecule has 0 saturated heterocycles. The zero-order chi connectivity index (χ0) is 29.4. The van der Waals surface area contributed by atoms with Crippen molar-refractivity contribution >= 4 is 41.9 Å². The first-order valence-electron chi connectivity index (χ1n) is 13.3. The van der Waals surface area contributed by atoms with Gasteiger partial charge in [-0.3, -0.25) is 19.2 Å². The Morgan fingerprint density at radius 3 is 2.08 bits per heavy atom. The van der Waals surface area contributed by atoms with E-state index in [2.05, 4.69) is 21.3 Å². The number of nitrogens with one attached hydrogen (secondary N) is 4. The van der Waals surface area contributed by atoms with Crippen molar-refractivity contribution in [2.24, 2.45) is 11.8 Å². The number of benzene rings is 1. The maximum Gasteiger partial charge on any atom is 0.328 e. The van der Waals surface area contributed by atoms with Crippen LogP contribution in [0, 0.1) is 11.8 Å². The second-order valence-electron chi connectivity index (χ2n) is 9.96. The molecule has 0 aliphatic rings. The van der Waals surface area contributed by atoms with Crippen molar-refractivity contribution in [3.63, 3.8) is 0 Å². The maximum absolute atomic E-state index is 13.5. The Labute approximate surface area is 236 Å². The largest absolute Gasteiger partial charge is 0.467 e. The average molecular weight is 565 g/mol. The van der Waals surface area contributed by atoms with Gasteiger partial charge in [0.2, 0.25) is 24.1 Å². The van der Waals surface area contributed by atoms with Crippen LogP contribution in [0.25, 0.3) is 0 Å². The number of esters is 1. The minimum Gasteiger partial charge on any atom is -0.467 e. The summed E-state index contributed by atoms with van der Waals surface area (Å²) in [6, 6.07) is 5.60. The van der Waals surface area contributed by atoms with Crippen LogP contribution in [0.3, 0.4) is 0 Å². The van der Waals surface area contributed by atoms with E-state index in [1.165, 1.54) is 7.11 Å². The van der Waals surface area contributed by atoms with Crippen molar-refractivity contribution in [3.8, 4) is 0 Å². The molecule has 0 aliphatic heterocycles. The van der Waals surface area contributed by atoms with Crippen LogP contribution in [-0.4, -0.2) is 73.4 Å². The van der Waals surface area contributed by atoms with Crippen molar-refractivity contribution in [2.75, 3.05) is 19.1 Å². The summed E-state index contributed by atoms with van der Waals surface area (Å²) in [6.45, 7) is 7.58. The topological polar surface area (TPSA) is 143 Å². The second kappa shape index (κ2) is 18.3. The number of amides is 4. The third-order valence-corrected chi connectivity index (χ3v) is 7.06. The van der Waals surface area contributed by atoms with E-state index in [0.717, 1.165) is 5.56 Å². The normalized spacial score (nSPS) is 14.7. The molecule has 1 aromatic rings. The Morgan fingerprint density at radius 2 is 1.54 bits per heavy atom.